The molecule has 2 rings (SSSR count). The molecule has 0 fully saturated rings. The van der Waals surface area contributed by atoms with E-state index in [4.69, 9.17) is 11.6 Å². The molecular weight excluding hydrogens is 474 g/mol. The van der Waals surface area contributed by atoms with Crippen LogP contribution in [0.2, 0.25) is 5.02 Å². The topological polar surface area (TPSA) is 86.8 Å². The average Bonchev–Trinajstić information content (AvgIpc) is 2.83. The molecule has 34 heavy (non-hydrogen) atoms. The van der Waals surface area contributed by atoms with E-state index in [1.165, 1.54) is 16.3 Å². The smallest absolute Gasteiger partial charge is 0.242 e. The van der Waals surface area contributed by atoms with Crippen molar-refractivity contribution in [1.82, 2.24) is 14.5 Å². The third-order valence-electron chi connectivity index (χ3n) is 5.75. The van der Waals surface area contributed by atoms with Gasteiger partial charge in [-0.25, -0.2) is 12.7 Å². The maximum absolute atomic E-state index is 13.2. The summed E-state index contributed by atoms with van der Waals surface area (Å²) in [6.07, 6.45) is 1.23. The molecule has 0 aliphatic carbocycles. The predicted molar refractivity (Wildman–Crippen MR) is 135 cm³/mol. The van der Waals surface area contributed by atoms with Crippen LogP contribution in [0.15, 0.2) is 59.5 Å². The number of benzene rings is 2. The number of hydrogen-bond acceptors (Lipinski definition) is 4. The van der Waals surface area contributed by atoms with Crippen molar-refractivity contribution in [2.24, 2.45) is 0 Å². The summed E-state index contributed by atoms with van der Waals surface area (Å²) in [5, 5.41) is 3.52. The third kappa shape index (κ3) is 7.82. The highest BCUT2D eigenvalue weighted by molar-refractivity contribution is 7.89. The van der Waals surface area contributed by atoms with Gasteiger partial charge in [0.2, 0.25) is 21.8 Å². The molecule has 186 valence electrons. The van der Waals surface area contributed by atoms with Crippen molar-refractivity contribution in [3.8, 4) is 0 Å². The highest BCUT2D eigenvalue weighted by atomic mass is 35.5. The van der Waals surface area contributed by atoms with Crippen LogP contribution in [-0.2, 0) is 26.2 Å². The molecule has 2 aromatic rings. The van der Waals surface area contributed by atoms with Crippen molar-refractivity contribution in [2.75, 3.05) is 13.6 Å². The molecule has 0 radical (unpaired) electrons. The van der Waals surface area contributed by atoms with Crippen LogP contribution < -0.4 is 5.32 Å². The summed E-state index contributed by atoms with van der Waals surface area (Å²) in [5.41, 5.74) is 0.852. The Morgan fingerprint density at radius 3 is 2.24 bits per heavy atom. The Hall–Kier alpha value is -2.42. The Kier molecular flexibility index (Phi) is 10.5. The zero-order chi connectivity index (χ0) is 25.3. The first-order valence-electron chi connectivity index (χ1n) is 11.4. The SMILES string of the molecule is CC[C@H](C)NC(=O)[C@@H](C)N(Cc1ccc(Cl)cc1)C(=O)CCCN(C)S(=O)(=O)c1ccccc1. The van der Waals surface area contributed by atoms with E-state index in [-0.39, 0.29) is 42.3 Å². The Balaban J connectivity index is 2.08. The van der Waals surface area contributed by atoms with E-state index >= 15 is 0 Å². The van der Waals surface area contributed by atoms with E-state index in [2.05, 4.69) is 5.32 Å². The summed E-state index contributed by atoms with van der Waals surface area (Å²) in [4.78, 5) is 27.7. The van der Waals surface area contributed by atoms with Crippen LogP contribution in [-0.4, -0.2) is 55.1 Å². The highest BCUT2D eigenvalue weighted by Gasteiger charge is 2.27. The van der Waals surface area contributed by atoms with E-state index in [1.807, 2.05) is 26.0 Å². The van der Waals surface area contributed by atoms with Gasteiger partial charge in [0.15, 0.2) is 0 Å². The number of sulfonamides is 1. The summed E-state index contributed by atoms with van der Waals surface area (Å²) in [6, 6.07) is 14.6. The van der Waals surface area contributed by atoms with Crippen LogP contribution in [0.3, 0.4) is 0 Å². The van der Waals surface area contributed by atoms with Crippen molar-refractivity contribution < 1.29 is 18.0 Å². The molecule has 2 amide bonds. The molecule has 2 atom stereocenters. The van der Waals surface area contributed by atoms with Gasteiger partial charge in [0.1, 0.15) is 6.04 Å². The van der Waals surface area contributed by atoms with Gasteiger partial charge in [-0.3, -0.25) is 9.59 Å². The van der Waals surface area contributed by atoms with E-state index in [0.717, 1.165) is 12.0 Å². The maximum Gasteiger partial charge on any atom is 0.242 e. The van der Waals surface area contributed by atoms with Crippen molar-refractivity contribution in [1.29, 1.82) is 0 Å². The summed E-state index contributed by atoms with van der Waals surface area (Å²) >= 11 is 5.98. The first kappa shape index (κ1) is 27.8. The van der Waals surface area contributed by atoms with Crippen LogP contribution in [0.25, 0.3) is 0 Å². The lowest BCUT2D eigenvalue weighted by atomic mass is 10.1. The van der Waals surface area contributed by atoms with Crippen molar-refractivity contribution in [2.45, 2.75) is 63.6 Å². The van der Waals surface area contributed by atoms with Gasteiger partial charge in [-0.05, 0) is 56.5 Å². The molecule has 7 nitrogen and oxygen atoms in total. The number of carbonyl (C=O) groups is 2. The van der Waals surface area contributed by atoms with Crippen LogP contribution in [0.1, 0.15) is 45.6 Å². The minimum Gasteiger partial charge on any atom is -0.352 e. The molecule has 0 heterocycles. The summed E-state index contributed by atoms with van der Waals surface area (Å²) in [6.45, 7) is 6.04. The highest BCUT2D eigenvalue weighted by Crippen LogP contribution is 2.17. The molecule has 0 aromatic heterocycles. The molecular formula is C25H34ClN3O4S. The number of halogens is 1. The van der Waals surface area contributed by atoms with E-state index in [9.17, 15) is 18.0 Å². The standard InChI is InChI=1S/C25H34ClN3O4S/c1-5-19(2)27-25(31)20(3)29(18-21-13-15-22(26)16-14-21)24(30)12-9-17-28(4)34(32,33)23-10-7-6-8-11-23/h6-8,10-11,13-16,19-20H,5,9,12,17-18H2,1-4H3,(H,27,31)/t19-,20+/m0/s1. The summed E-state index contributed by atoms with van der Waals surface area (Å²) < 4.78 is 26.7. The minimum absolute atomic E-state index is 0.000670. The van der Waals surface area contributed by atoms with Crippen LogP contribution in [0.5, 0.6) is 0 Å². The first-order valence-corrected chi connectivity index (χ1v) is 13.2. The molecule has 1 N–H and O–H groups in total. The fourth-order valence-electron chi connectivity index (χ4n) is 3.32. The molecule has 0 saturated carbocycles. The maximum atomic E-state index is 13.2. The number of nitrogens with one attached hydrogen (secondary N) is 1. The minimum atomic E-state index is -3.62. The van der Waals surface area contributed by atoms with Crippen molar-refractivity contribution >= 4 is 33.4 Å². The van der Waals surface area contributed by atoms with Crippen molar-refractivity contribution in [3.63, 3.8) is 0 Å². The average molecular weight is 508 g/mol. The Morgan fingerprint density at radius 1 is 1.03 bits per heavy atom. The number of amides is 2. The number of carbonyl (C=O) groups excluding carboxylic acids is 2. The molecule has 0 aliphatic heterocycles. The molecule has 0 unspecified atom stereocenters. The Morgan fingerprint density at radius 2 is 1.65 bits per heavy atom. The Labute approximate surface area is 208 Å². The lowest BCUT2D eigenvalue weighted by Crippen LogP contribution is -2.49. The summed E-state index contributed by atoms with van der Waals surface area (Å²) in [7, 11) is -2.12. The molecule has 9 heteroatoms. The van der Waals surface area contributed by atoms with Gasteiger partial charge in [0.05, 0.1) is 4.90 Å². The molecule has 2 aromatic carbocycles. The van der Waals surface area contributed by atoms with Crippen LogP contribution >= 0.6 is 11.6 Å². The quantitative estimate of drug-likeness (QED) is 0.469. The largest absolute Gasteiger partial charge is 0.352 e. The fourth-order valence-corrected chi connectivity index (χ4v) is 4.68. The number of rotatable bonds is 12. The second-order valence-electron chi connectivity index (χ2n) is 8.39. The third-order valence-corrected chi connectivity index (χ3v) is 7.87. The van der Waals surface area contributed by atoms with Crippen molar-refractivity contribution in [3.05, 3.63) is 65.2 Å². The van der Waals surface area contributed by atoms with Crippen LogP contribution in [0.4, 0.5) is 0 Å². The Bertz CT molecular complexity index is 1050. The second-order valence-corrected chi connectivity index (χ2v) is 10.9. The van der Waals surface area contributed by atoms with Gasteiger partial charge >= 0.3 is 0 Å². The van der Waals surface area contributed by atoms with Gasteiger partial charge < -0.3 is 10.2 Å². The van der Waals surface area contributed by atoms with Crippen LogP contribution in [0, 0.1) is 0 Å². The van der Waals surface area contributed by atoms with Gasteiger partial charge in [-0.15, -0.1) is 0 Å². The predicted octanol–water partition coefficient (Wildman–Crippen LogP) is 4.07. The zero-order valence-electron chi connectivity index (χ0n) is 20.2. The normalized spacial score (nSPS) is 13.4. The lowest BCUT2D eigenvalue weighted by molar-refractivity contribution is -0.141. The molecule has 0 saturated heterocycles. The lowest BCUT2D eigenvalue weighted by Gasteiger charge is -2.30. The van der Waals surface area contributed by atoms with E-state index < -0.39 is 16.1 Å². The molecule has 0 spiro atoms. The number of nitrogens with zero attached hydrogens (tertiary/aromatic N) is 2. The summed E-state index contributed by atoms with van der Waals surface area (Å²) in [5.74, 6) is -0.437. The number of hydrogen-bond donors (Lipinski definition) is 1. The van der Waals surface area contributed by atoms with E-state index in [1.54, 1.807) is 49.4 Å². The van der Waals surface area contributed by atoms with Gasteiger partial charge in [-0.1, -0.05) is 48.9 Å². The fraction of sp³-hybridized carbons (Fsp3) is 0.440. The monoisotopic (exact) mass is 507 g/mol. The molecule has 0 bridgehead atoms. The van der Waals surface area contributed by atoms with Gasteiger partial charge in [-0.2, -0.15) is 0 Å². The van der Waals surface area contributed by atoms with E-state index in [0.29, 0.717) is 11.4 Å². The molecule has 0 aliphatic rings. The zero-order valence-corrected chi connectivity index (χ0v) is 21.8. The second kappa shape index (κ2) is 12.9. The first-order chi connectivity index (χ1) is 16.1. The van der Waals surface area contributed by atoms with Gasteiger partial charge in [0.25, 0.3) is 0 Å². The van der Waals surface area contributed by atoms with Gasteiger partial charge in [0, 0.05) is 37.6 Å².